The summed E-state index contributed by atoms with van der Waals surface area (Å²) >= 11 is 0. The number of amides is 2. The second kappa shape index (κ2) is 7.59. The Bertz CT molecular complexity index is 845. The summed E-state index contributed by atoms with van der Waals surface area (Å²) in [6, 6.07) is 3.86. The molecule has 2 aliphatic rings. The van der Waals surface area contributed by atoms with Gasteiger partial charge < -0.3 is 9.80 Å². The van der Waals surface area contributed by atoms with E-state index >= 15 is 0 Å². The van der Waals surface area contributed by atoms with Gasteiger partial charge in [0.25, 0.3) is 0 Å². The van der Waals surface area contributed by atoms with Gasteiger partial charge in [0, 0.05) is 25.8 Å². The van der Waals surface area contributed by atoms with Gasteiger partial charge in [-0.2, -0.15) is 4.72 Å². The first-order valence-electron chi connectivity index (χ1n) is 9.41. The van der Waals surface area contributed by atoms with Crippen molar-refractivity contribution in [3.8, 4) is 0 Å². The van der Waals surface area contributed by atoms with Gasteiger partial charge in [0.15, 0.2) is 0 Å². The first kappa shape index (κ1) is 19.8. The standard InChI is InChI=1S/C19H27N3O4S/c1-13(2)18(19(24)22-9-5-4-6-10-22)20-27(25,26)15-7-8-16-14(11-15)12-17(23)21(16)3/h7-8,11,13,18,20H,4-6,9-10,12H2,1-3H3/t18-/m0/s1. The number of piperidine rings is 1. The maximum atomic E-state index is 12.9. The van der Waals surface area contributed by atoms with Gasteiger partial charge in [-0.15, -0.1) is 0 Å². The monoisotopic (exact) mass is 393 g/mol. The highest BCUT2D eigenvalue weighted by atomic mass is 32.2. The Morgan fingerprint density at radius 2 is 1.81 bits per heavy atom. The average molecular weight is 394 g/mol. The number of rotatable bonds is 5. The highest BCUT2D eigenvalue weighted by Crippen LogP contribution is 2.30. The van der Waals surface area contributed by atoms with Crippen LogP contribution in [0.25, 0.3) is 0 Å². The first-order valence-corrected chi connectivity index (χ1v) is 10.9. The molecule has 0 unspecified atom stereocenters. The van der Waals surface area contributed by atoms with Gasteiger partial charge in [0.05, 0.1) is 11.3 Å². The first-order chi connectivity index (χ1) is 12.7. The van der Waals surface area contributed by atoms with Crippen molar-refractivity contribution in [1.29, 1.82) is 0 Å². The summed E-state index contributed by atoms with van der Waals surface area (Å²) in [7, 11) is -2.20. The summed E-state index contributed by atoms with van der Waals surface area (Å²) in [6.45, 7) is 5.03. The van der Waals surface area contributed by atoms with Crippen LogP contribution in [0.2, 0.25) is 0 Å². The van der Waals surface area contributed by atoms with Crippen molar-refractivity contribution in [2.75, 3.05) is 25.0 Å². The van der Waals surface area contributed by atoms with Crippen LogP contribution in [0.15, 0.2) is 23.1 Å². The van der Waals surface area contributed by atoms with Crippen LogP contribution in [0, 0.1) is 5.92 Å². The second-order valence-electron chi connectivity index (χ2n) is 7.65. The molecule has 1 saturated heterocycles. The molecule has 1 atom stereocenters. The third-order valence-electron chi connectivity index (χ3n) is 5.32. The number of anilines is 1. The molecule has 8 heteroatoms. The minimum atomic E-state index is -3.87. The van der Waals surface area contributed by atoms with E-state index in [0.29, 0.717) is 18.7 Å². The number of carbonyl (C=O) groups is 2. The Morgan fingerprint density at radius 1 is 1.15 bits per heavy atom. The average Bonchev–Trinajstić information content (AvgIpc) is 2.93. The van der Waals surface area contributed by atoms with Crippen LogP contribution in [-0.4, -0.2) is 51.3 Å². The quantitative estimate of drug-likeness (QED) is 0.822. The summed E-state index contributed by atoms with van der Waals surface area (Å²) in [5, 5.41) is 0. The molecule has 1 aromatic carbocycles. The zero-order valence-corrected chi connectivity index (χ0v) is 16.9. The van der Waals surface area contributed by atoms with Crippen LogP contribution in [0.4, 0.5) is 5.69 Å². The summed E-state index contributed by atoms with van der Waals surface area (Å²) < 4.78 is 28.4. The van der Waals surface area contributed by atoms with Crippen LogP contribution >= 0.6 is 0 Å². The van der Waals surface area contributed by atoms with Crippen molar-refractivity contribution < 1.29 is 18.0 Å². The van der Waals surface area contributed by atoms with Gasteiger partial charge in [-0.1, -0.05) is 13.8 Å². The Balaban J connectivity index is 1.82. The van der Waals surface area contributed by atoms with E-state index < -0.39 is 16.1 Å². The van der Waals surface area contributed by atoms with Crippen molar-refractivity contribution in [3.05, 3.63) is 23.8 Å². The number of fused-ring (bicyclic) bond motifs is 1. The van der Waals surface area contributed by atoms with E-state index in [1.807, 2.05) is 13.8 Å². The summed E-state index contributed by atoms with van der Waals surface area (Å²) in [4.78, 5) is 28.1. The summed E-state index contributed by atoms with van der Waals surface area (Å²) in [5.74, 6) is -0.395. The molecule has 148 valence electrons. The Morgan fingerprint density at radius 3 is 2.44 bits per heavy atom. The van der Waals surface area contributed by atoms with E-state index in [0.717, 1.165) is 24.9 Å². The zero-order chi connectivity index (χ0) is 19.8. The van der Waals surface area contributed by atoms with Crippen LogP contribution in [0.3, 0.4) is 0 Å². The fourth-order valence-corrected chi connectivity index (χ4v) is 5.02. The highest BCUT2D eigenvalue weighted by molar-refractivity contribution is 7.89. The molecule has 27 heavy (non-hydrogen) atoms. The number of carbonyl (C=O) groups excluding carboxylic acids is 2. The van der Waals surface area contributed by atoms with Gasteiger partial charge in [0.1, 0.15) is 6.04 Å². The number of hydrogen-bond donors (Lipinski definition) is 1. The van der Waals surface area contributed by atoms with Gasteiger partial charge in [-0.25, -0.2) is 8.42 Å². The molecular formula is C19H27N3O4S. The van der Waals surface area contributed by atoms with Gasteiger partial charge in [-0.05, 0) is 48.9 Å². The molecule has 0 saturated carbocycles. The minimum Gasteiger partial charge on any atom is -0.341 e. The molecular weight excluding hydrogens is 366 g/mol. The predicted molar refractivity (Wildman–Crippen MR) is 103 cm³/mol. The van der Waals surface area contributed by atoms with E-state index in [-0.39, 0.29) is 29.0 Å². The van der Waals surface area contributed by atoms with E-state index in [9.17, 15) is 18.0 Å². The number of sulfonamides is 1. The number of nitrogens with zero attached hydrogens (tertiary/aromatic N) is 2. The second-order valence-corrected chi connectivity index (χ2v) is 9.36. The zero-order valence-electron chi connectivity index (χ0n) is 16.1. The fraction of sp³-hybridized carbons (Fsp3) is 0.579. The number of likely N-dealkylation sites (tertiary alicyclic amines) is 1. The molecule has 1 fully saturated rings. The lowest BCUT2D eigenvalue weighted by atomic mass is 10.0. The SMILES string of the molecule is CC(C)[C@H](NS(=O)(=O)c1ccc2c(c1)CC(=O)N2C)C(=O)N1CCCCC1. The maximum absolute atomic E-state index is 12.9. The molecule has 7 nitrogen and oxygen atoms in total. The third-order valence-corrected chi connectivity index (χ3v) is 6.76. The van der Waals surface area contributed by atoms with Crippen molar-refractivity contribution in [1.82, 2.24) is 9.62 Å². The maximum Gasteiger partial charge on any atom is 0.241 e. The highest BCUT2D eigenvalue weighted by Gasteiger charge is 2.33. The summed E-state index contributed by atoms with van der Waals surface area (Å²) in [6.07, 6.45) is 3.20. The lowest BCUT2D eigenvalue weighted by Crippen LogP contribution is -2.52. The lowest BCUT2D eigenvalue weighted by molar-refractivity contribution is -0.134. The lowest BCUT2D eigenvalue weighted by Gasteiger charge is -2.32. The van der Waals surface area contributed by atoms with Crippen molar-refractivity contribution >= 4 is 27.5 Å². The van der Waals surface area contributed by atoms with Crippen molar-refractivity contribution in [2.24, 2.45) is 5.92 Å². The van der Waals surface area contributed by atoms with Crippen LogP contribution < -0.4 is 9.62 Å². The molecule has 2 heterocycles. The Hall–Kier alpha value is -1.93. The molecule has 2 aliphatic heterocycles. The molecule has 0 bridgehead atoms. The molecule has 2 amide bonds. The molecule has 3 rings (SSSR count). The van der Waals surface area contributed by atoms with Crippen LogP contribution in [0.5, 0.6) is 0 Å². The fourth-order valence-electron chi connectivity index (χ4n) is 3.63. The normalized spacial score (nSPS) is 18.7. The molecule has 1 aromatic rings. The Kier molecular flexibility index (Phi) is 5.58. The third kappa shape index (κ3) is 4.01. The van der Waals surface area contributed by atoms with Gasteiger partial charge >= 0.3 is 0 Å². The van der Waals surface area contributed by atoms with E-state index in [2.05, 4.69) is 4.72 Å². The van der Waals surface area contributed by atoms with Crippen LogP contribution in [0.1, 0.15) is 38.7 Å². The van der Waals surface area contributed by atoms with E-state index in [1.165, 1.54) is 17.0 Å². The van der Waals surface area contributed by atoms with Crippen molar-refractivity contribution in [3.63, 3.8) is 0 Å². The number of hydrogen-bond acceptors (Lipinski definition) is 4. The molecule has 1 N–H and O–H groups in total. The van der Waals surface area contributed by atoms with E-state index in [1.54, 1.807) is 18.0 Å². The number of nitrogens with one attached hydrogen (secondary N) is 1. The van der Waals surface area contributed by atoms with Crippen LogP contribution in [-0.2, 0) is 26.0 Å². The van der Waals surface area contributed by atoms with E-state index in [4.69, 9.17) is 0 Å². The minimum absolute atomic E-state index is 0.0622. The molecule has 0 aliphatic carbocycles. The van der Waals surface area contributed by atoms with Gasteiger partial charge in [-0.3, -0.25) is 9.59 Å². The number of benzene rings is 1. The summed E-state index contributed by atoms with van der Waals surface area (Å²) in [5.41, 5.74) is 1.41. The largest absolute Gasteiger partial charge is 0.341 e. The van der Waals surface area contributed by atoms with Crippen molar-refractivity contribution in [2.45, 2.75) is 50.5 Å². The smallest absolute Gasteiger partial charge is 0.241 e. The molecule has 0 aromatic heterocycles. The topological polar surface area (TPSA) is 86.8 Å². The Labute approximate surface area is 160 Å². The predicted octanol–water partition coefficient (Wildman–Crippen LogP) is 1.52. The molecule has 0 spiro atoms. The molecule has 0 radical (unpaired) electrons. The number of likely N-dealkylation sites (N-methyl/N-ethyl adjacent to an activating group) is 1. The van der Waals surface area contributed by atoms with Gasteiger partial charge in [0.2, 0.25) is 21.8 Å².